The van der Waals surface area contributed by atoms with Gasteiger partial charge in [-0.2, -0.15) is 0 Å². The first-order chi connectivity index (χ1) is 16.3. The highest BCUT2D eigenvalue weighted by molar-refractivity contribution is 5.98. The van der Waals surface area contributed by atoms with Gasteiger partial charge in [0.1, 0.15) is 22.8 Å². The van der Waals surface area contributed by atoms with Gasteiger partial charge in [-0.05, 0) is 24.3 Å². The number of hydrogen-bond donors (Lipinski definition) is 0. The zero-order valence-corrected chi connectivity index (χ0v) is 19.4. The second-order valence-corrected chi connectivity index (χ2v) is 7.92. The maximum atomic E-state index is 13.1. The molecule has 0 bridgehead atoms. The van der Waals surface area contributed by atoms with Crippen LogP contribution in [0.15, 0.2) is 39.9 Å². The standard InChI is InChI=1S/C23H25N5O6/c1-25-19-16(20(29)26(2)23(25)32)7-8-17(24-19)22(31)28-11-9-27(10-12-28)21(30)15-6-5-14(33-3)13-18(15)34-4/h5-8,13H,9-12H2,1-4H3. The lowest BCUT2D eigenvalue weighted by atomic mass is 10.1. The summed E-state index contributed by atoms with van der Waals surface area (Å²) in [6.07, 6.45) is 0. The van der Waals surface area contributed by atoms with E-state index in [1.165, 1.54) is 45.0 Å². The van der Waals surface area contributed by atoms with Crippen LogP contribution in [0, 0.1) is 0 Å². The van der Waals surface area contributed by atoms with E-state index in [4.69, 9.17) is 9.47 Å². The molecule has 3 heterocycles. The molecule has 11 heteroatoms. The normalized spacial score (nSPS) is 13.8. The molecule has 4 rings (SSSR count). The Bertz CT molecular complexity index is 1400. The van der Waals surface area contributed by atoms with Crippen LogP contribution in [-0.4, -0.2) is 76.1 Å². The number of carbonyl (C=O) groups excluding carboxylic acids is 2. The third-order valence-corrected chi connectivity index (χ3v) is 6.01. The van der Waals surface area contributed by atoms with Gasteiger partial charge in [0.15, 0.2) is 0 Å². The van der Waals surface area contributed by atoms with Crippen molar-refractivity contribution in [2.24, 2.45) is 14.1 Å². The van der Waals surface area contributed by atoms with E-state index >= 15 is 0 Å². The molecule has 2 aromatic heterocycles. The molecule has 0 spiro atoms. The number of amides is 2. The van der Waals surface area contributed by atoms with Crippen LogP contribution in [0.2, 0.25) is 0 Å². The van der Waals surface area contributed by atoms with Crippen molar-refractivity contribution >= 4 is 22.8 Å². The number of piperazine rings is 1. The highest BCUT2D eigenvalue weighted by Crippen LogP contribution is 2.26. The van der Waals surface area contributed by atoms with Crippen molar-refractivity contribution < 1.29 is 19.1 Å². The van der Waals surface area contributed by atoms with Gasteiger partial charge < -0.3 is 19.3 Å². The fourth-order valence-corrected chi connectivity index (χ4v) is 3.99. The monoisotopic (exact) mass is 467 g/mol. The number of aryl methyl sites for hydroxylation is 1. The molecule has 1 fully saturated rings. The number of pyridine rings is 1. The SMILES string of the molecule is COc1ccc(C(=O)N2CCN(C(=O)c3ccc4c(=O)n(C)c(=O)n(C)c4n3)CC2)c(OC)c1. The molecular formula is C23H25N5O6. The molecule has 0 N–H and O–H groups in total. The molecule has 1 aliphatic rings. The van der Waals surface area contributed by atoms with Crippen molar-refractivity contribution in [1.82, 2.24) is 23.9 Å². The molecule has 0 radical (unpaired) electrons. The van der Waals surface area contributed by atoms with E-state index in [2.05, 4.69) is 4.98 Å². The number of ether oxygens (including phenoxy) is 2. The van der Waals surface area contributed by atoms with Gasteiger partial charge in [0.05, 0.1) is 25.2 Å². The molecule has 0 aliphatic carbocycles. The van der Waals surface area contributed by atoms with Crippen LogP contribution in [0.1, 0.15) is 20.8 Å². The zero-order valence-electron chi connectivity index (χ0n) is 19.4. The molecule has 1 saturated heterocycles. The van der Waals surface area contributed by atoms with E-state index < -0.39 is 11.2 Å². The number of fused-ring (bicyclic) bond motifs is 1. The van der Waals surface area contributed by atoms with Gasteiger partial charge in [-0.3, -0.25) is 23.5 Å². The summed E-state index contributed by atoms with van der Waals surface area (Å²) < 4.78 is 12.8. The Morgan fingerprint density at radius 2 is 1.50 bits per heavy atom. The minimum absolute atomic E-state index is 0.132. The molecular weight excluding hydrogens is 442 g/mol. The molecule has 0 saturated carbocycles. The van der Waals surface area contributed by atoms with Gasteiger partial charge in [0.2, 0.25) is 0 Å². The largest absolute Gasteiger partial charge is 0.497 e. The molecule has 0 atom stereocenters. The van der Waals surface area contributed by atoms with Crippen LogP contribution in [0.3, 0.4) is 0 Å². The fourth-order valence-electron chi connectivity index (χ4n) is 3.99. The summed E-state index contributed by atoms with van der Waals surface area (Å²) in [6, 6.07) is 8.00. The summed E-state index contributed by atoms with van der Waals surface area (Å²) >= 11 is 0. The maximum absolute atomic E-state index is 13.1. The summed E-state index contributed by atoms with van der Waals surface area (Å²) in [5.41, 5.74) is -0.283. The number of aromatic nitrogens is 3. The number of methoxy groups -OCH3 is 2. The molecule has 1 aromatic carbocycles. The van der Waals surface area contributed by atoms with Crippen molar-refractivity contribution in [1.29, 1.82) is 0 Å². The smallest absolute Gasteiger partial charge is 0.332 e. The van der Waals surface area contributed by atoms with Crippen LogP contribution in [-0.2, 0) is 14.1 Å². The average molecular weight is 467 g/mol. The molecule has 1 aliphatic heterocycles. The molecule has 178 valence electrons. The first-order valence-electron chi connectivity index (χ1n) is 10.6. The Kier molecular flexibility index (Phi) is 6.10. The zero-order chi connectivity index (χ0) is 24.6. The van der Waals surface area contributed by atoms with Crippen LogP contribution in [0.25, 0.3) is 11.0 Å². The van der Waals surface area contributed by atoms with E-state index in [-0.39, 0.29) is 28.5 Å². The molecule has 34 heavy (non-hydrogen) atoms. The summed E-state index contributed by atoms with van der Waals surface area (Å²) in [5, 5.41) is 0.255. The summed E-state index contributed by atoms with van der Waals surface area (Å²) in [5.74, 6) is 0.479. The van der Waals surface area contributed by atoms with Gasteiger partial charge >= 0.3 is 5.69 Å². The third-order valence-electron chi connectivity index (χ3n) is 6.01. The van der Waals surface area contributed by atoms with Crippen molar-refractivity contribution in [3.8, 4) is 11.5 Å². The van der Waals surface area contributed by atoms with Crippen LogP contribution < -0.4 is 20.7 Å². The summed E-state index contributed by atoms with van der Waals surface area (Å²) in [7, 11) is 5.93. The summed E-state index contributed by atoms with van der Waals surface area (Å²) in [6.45, 7) is 1.31. The van der Waals surface area contributed by atoms with Gasteiger partial charge in [0, 0.05) is 46.3 Å². The minimum Gasteiger partial charge on any atom is -0.497 e. The fraction of sp³-hybridized carbons (Fsp3) is 0.348. The summed E-state index contributed by atoms with van der Waals surface area (Å²) in [4.78, 5) is 58.2. The molecule has 2 amide bonds. The average Bonchev–Trinajstić information content (AvgIpc) is 2.89. The number of nitrogens with zero attached hydrogens (tertiary/aromatic N) is 5. The Balaban J connectivity index is 1.51. The number of benzene rings is 1. The molecule has 3 aromatic rings. The van der Waals surface area contributed by atoms with Gasteiger partial charge in [-0.1, -0.05) is 0 Å². The van der Waals surface area contributed by atoms with Gasteiger partial charge in [-0.25, -0.2) is 9.78 Å². The third kappa shape index (κ3) is 3.89. The van der Waals surface area contributed by atoms with E-state index in [1.54, 1.807) is 28.0 Å². The Morgan fingerprint density at radius 1 is 0.853 bits per heavy atom. The van der Waals surface area contributed by atoms with Crippen molar-refractivity contribution in [3.63, 3.8) is 0 Å². The van der Waals surface area contributed by atoms with Crippen LogP contribution >= 0.6 is 0 Å². The number of rotatable bonds is 4. The Hall–Kier alpha value is -4.15. The highest BCUT2D eigenvalue weighted by Gasteiger charge is 2.28. The van der Waals surface area contributed by atoms with E-state index in [0.717, 1.165) is 4.57 Å². The lowest BCUT2D eigenvalue weighted by Crippen LogP contribution is -2.50. The Morgan fingerprint density at radius 3 is 2.12 bits per heavy atom. The van der Waals surface area contributed by atoms with E-state index in [0.29, 0.717) is 43.2 Å². The Labute approximate surface area is 194 Å². The highest BCUT2D eigenvalue weighted by atomic mass is 16.5. The van der Waals surface area contributed by atoms with Gasteiger partial charge in [-0.15, -0.1) is 0 Å². The van der Waals surface area contributed by atoms with Crippen molar-refractivity contribution in [2.45, 2.75) is 0 Å². The topological polar surface area (TPSA) is 116 Å². The van der Waals surface area contributed by atoms with E-state index in [1.807, 2.05) is 0 Å². The van der Waals surface area contributed by atoms with Gasteiger partial charge in [0.25, 0.3) is 17.4 Å². The quantitative estimate of drug-likeness (QED) is 0.540. The number of carbonyl (C=O) groups is 2. The van der Waals surface area contributed by atoms with Crippen LogP contribution in [0.5, 0.6) is 11.5 Å². The van der Waals surface area contributed by atoms with E-state index in [9.17, 15) is 19.2 Å². The number of hydrogen-bond acceptors (Lipinski definition) is 7. The lowest BCUT2D eigenvalue weighted by Gasteiger charge is -2.34. The van der Waals surface area contributed by atoms with Crippen LogP contribution in [0.4, 0.5) is 0 Å². The molecule has 0 unspecified atom stereocenters. The molecule has 11 nitrogen and oxygen atoms in total. The second-order valence-electron chi connectivity index (χ2n) is 7.92. The predicted molar refractivity (Wildman–Crippen MR) is 124 cm³/mol. The minimum atomic E-state index is -0.518. The second kappa shape index (κ2) is 9.00. The lowest BCUT2D eigenvalue weighted by molar-refractivity contribution is 0.0530. The maximum Gasteiger partial charge on any atom is 0.332 e. The first-order valence-corrected chi connectivity index (χ1v) is 10.6. The van der Waals surface area contributed by atoms with Crippen molar-refractivity contribution in [2.75, 3.05) is 40.4 Å². The predicted octanol–water partition coefficient (Wildman–Crippen LogP) is 0.248. The first kappa shape index (κ1) is 23.0. The van der Waals surface area contributed by atoms with Crippen molar-refractivity contribution in [3.05, 3.63) is 62.4 Å².